The van der Waals surface area contributed by atoms with E-state index in [1.807, 2.05) is 12.1 Å². The van der Waals surface area contributed by atoms with Crippen LogP contribution in [0.15, 0.2) is 48.5 Å². The molecule has 3 N–H and O–H groups in total. The van der Waals surface area contributed by atoms with Gasteiger partial charge < -0.3 is 25.4 Å². The molecule has 2 aromatic rings. The van der Waals surface area contributed by atoms with Gasteiger partial charge in [0, 0.05) is 36.8 Å². The Morgan fingerprint density at radius 3 is 2.42 bits per heavy atom. The molecule has 2 amide bonds. The lowest BCUT2D eigenvalue weighted by atomic mass is 9.90. The third kappa shape index (κ3) is 4.95. The molecule has 0 radical (unpaired) electrons. The summed E-state index contributed by atoms with van der Waals surface area (Å²) in [4.78, 5) is 27.0. The Balaban J connectivity index is 1.33. The van der Waals surface area contributed by atoms with Crippen molar-refractivity contribution in [2.24, 2.45) is 0 Å². The number of aliphatic hydroxyl groups is 1. The summed E-state index contributed by atoms with van der Waals surface area (Å²) in [5.41, 5.74) is 3.48. The smallest absolute Gasteiger partial charge is 0.254 e. The first-order chi connectivity index (χ1) is 15.0. The summed E-state index contributed by atoms with van der Waals surface area (Å²) >= 11 is 0. The molecule has 7 nitrogen and oxygen atoms in total. The van der Waals surface area contributed by atoms with Crippen LogP contribution >= 0.6 is 0 Å². The summed E-state index contributed by atoms with van der Waals surface area (Å²) in [5, 5.41) is 17.0. The molecule has 2 heterocycles. The van der Waals surface area contributed by atoms with E-state index in [0.29, 0.717) is 44.0 Å². The molecule has 1 unspecified atom stereocenters. The minimum absolute atomic E-state index is 0.0531. The number of fused-ring (bicyclic) bond motifs is 1. The van der Waals surface area contributed by atoms with Crippen molar-refractivity contribution in [3.05, 3.63) is 70.8 Å². The molecule has 0 saturated carbocycles. The Morgan fingerprint density at radius 1 is 1.06 bits per heavy atom. The quantitative estimate of drug-likeness (QED) is 0.676. The van der Waals surface area contributed by atoms with Gasteiger partial charge in [0.05, 0.1) is 25.4 Å². The van der Waals surface area contributed by atoms with Gasteiger partial charge in [-0.3, -0.25) is 9.59 Å². The van der Waals surface area contributed by atoms with E-state index in [-0.39, 0.29) is 17.9 Å². The Kier molecular flexibility index (Phi) is 6.65. The fraction of sp³-hybridized carbons (Fsp3) is 0.417. The van der Waals surface area contributed by atoms with Crippen molar-refractivity contribution in [2.45, 2.75) is 38.1 Å². The molecule has 0 spiro atoms. The van der Waals surface area contributed by atoms with Crippen LogP contribution in [0.1, 0.15) is 38.8 Å². The van der Waals surface area contributed by atoms with Crippen molar-refractivity contribution in [2.75, 3.05) is 26.3 Å². The number of carbonyl (C=O) groups excluding carboxylic acids is 2. The van der Waals surface area contributed by atoms with Crippen LogP contribution in [-0.4, -0.2) is 66.3 Å². The second-order valence-electron chi connectivity index (χ2n) is 8.19. The van der Waals surface area contributed by atoms with Crippen LogP contribution in [0.4, 0.5) is 0 Å². The molecule has 31 heavy (non-hydrogen) atoms. The molecule has 1 saturated heterocycles. The second kappa shape index (κ2) is 9.60. The van der Waals surface area contributed by atoms with E-state index in [1.165, 1.54) is 11.1 Å². The van der Waals surface area contributed by atoms with Gasteiger partial charge in [0.25, 0.3) is 11.8 Å². The minimum atomic E-state index is -0.723. The van der Waals surface area contributed by atoms with Gasteiger partial charge in [-0.25, -0.2) is 0 Å². The van der Waals surface area contributed by atoms with Crippen molar-refractivity contribution >= 4 is 11.8 Å². The normalized spacial score (nSPS) is 20.5. The molecular weight excluding hydrogens is 394 g/mol. The Labute approximate surface area is 182 Å². The molecule has 2 aromatic carbocycles. The average molecular weight is 424 g/mol. The molecule has 7 heteroatoms. The highest BCUT2D eigenvalue weighted by molar-refractivity contribution is 5.98. The number of morpholine rings is 1. The largest absolute Gasteiger partial charge is 0.389 e. The summed E-state index contributed by atoms with van der Waals surface area (Å²) in [7, 11) is 0. The fourth-order valence-corrected chi connectivity index (χ4v) is 4.16. The third-order valence-corrected chi connectivity index (χ3v) is 6.09. The maximum Gasteiger partial charge on any atom is 0.254 e. The number of hydrogen-bond donors (Lipinski definition) is 3. The molecule has 2 aliphatic rings. The first kappa shape index (κ1) is 21.5. The van der Waals surface area contributed by atoms with Crippen LogP contribution in [0.2, 0.25) is 0 Å². The predicted molar refractivity (Wildman–Crippen MR) is 117 cm³/mol. The Bertz CT molecular complexity index is 925. The van der Waals surface area contributed by atoms with E-state index in [4.69, 9.17) is 4.74 Å². The lowest BCUT2D eigenvalue weighted by molar-refractivity contribution is 0.0303. The van der Waals surface area contributed by atoms with Crippen molar-refractivity contribution in [3.63, 3.8) is 0 Å². The van der Waals surface area contributed by atoms with Crippen LogP contribution in [0.3, 0.4) is 0 Å². The van der Waals surface area contributed by atoms with Gasteiger partial charge in [-0.15, -0.1) is 0 Å². The minimum Gasteiger partial charge on any atom is -0.389 e. The van der Waals surface area contributed by atoms with Gasteiger partial charge in [-0.2, -0.15) is 0 Å². The van der Waals surface area contributed by atoms with Gasteiger partial charge in [-0.1, -0.05) is 24.3 Å². The second-order valence-corrected chi connectivity index (χ2v) is 8.19. The lowest BCUT2D eigenvalue weighted by Gasteiger charge is -2.33. The highest BCUT2D eigenvalue weighted by atomic mass is 16.5. The monoisotopic (exact) mass is 423 g/mol. The standard InChI is InChI=1S/C24H29N3O4/c1-16(22(28)21-14-19-4-2-3-5-20(19)15-25-21)26-23(29)17-6-8-18(9-7-17)24(30)27-10-12-31-13-11-27/h2-9,16,21-22,25,28H,10-15H2,1H3,(H,26,29)/t16?,21-,22+/m0/s1. The van der Waals surface area contributed by atoms with E-state index in [9.17, 15) is 14.7 Å². The molecule has 4 rings (SSSR count). The maximum atomic E-state index is 12.7. The van der Waals surface area contributed by atoms with Crippen LogP contribution in [0.25, 0.3) is 0 Å². The van der Waals surface area contributed by atoms with Crippen molar-refractivity contribution in [1.82, 2.24) is 15.5 Å². The molecule has 0 bridgehead atoms. The highest BCUT2D eigenvalue weighted by Crippen LogP contribution is 2.19. The molecule has 164 valence electrons. The third-order valence-electron chi connectivity index (χ3n) is 6.09. The summed E-state index contributed by atoms with van der Waals surface area (Å²) in [6.07, 6.45) is -0.00455. The van der Waals surface area contributed by atoms with E-state index in [2.05, 4.69) is 22.8 Å². The summed E-state index contributed by atoms with van der Waals surface area (Å²) in [6, 6.07) is 14.3. The van der Waals surface area contributed by atoms with Crippen LogP contribution in [0.5, 0.6) is 0 Å². The number of nitrogens with one attached hydrogen (secondary N) is 2. The first-order valence-electron chi connectivity index (χ1n) is 10.8. The number of aliphatic hydroxyl groups excluding tert-OH is 1. The van der Waals surface area contributed by atoms with Gasteiger partial charge in [0.2, 0.25) is 0 Å². The maximum absolute atomic E-state index is 12.7. The number of carbonyl (C=O) groups is 2. The van der Waals surface area contributed by atoms with Crippen molar-refractivity contribution < 1.29 is 19.4 Å². The van der Waals surface area contributed by atoms with Crippen molar-refractivity contribution in [1.29, 1.82) is 0 Å². The fourth-order valence-electron chi connectivity index (χ4n) is 4.16. The van der Waals surface area contributed by atoms with E-state index in [1.54, 1.807) is 36.1 Å². The SMILES string of the molecule is CC(NC(=O)c1ccc(C(=O)N2CCOCC2)cc1)[C@@H](O)[C@@H]1Cc2ccccc2CN1. The van der Waals surface area contributed by atoms with E-state index >= 15 is 0 Å². The van der Waals surface area contributed by atoms with E-state index in [0.717, 1.165) is 6.42 Å². The summed E-state index contributed by atoms with van der Waals surface area (Å²) in [6.45, 7) is 4.77. The highest BCUT2D eigenvalue weighted by Gasteiger charge is 2.29. The summed E-state index contributed by atoms with van der Waals surface area (Å²) in [5.74, 6) is -0.323. The zero-order chi connectivity index (χ0) is 21.8. The predicted octanol–water partition coefficient (Wildman–Crippen LogP) is 1.35. The molecule has 1 fully saturated rings. The topological polar surface area (TPSA) is 90.9 Å². The average Bonchev–Trinajstić information content (AvgIpc) is 2.83. The lowest BCUT2D eigenvalue weighted by Crippen LogP contribution is -2.53. The van der Waals surface area contributed by atoms with Gasteiger partial charge in [0.15, 0.2) is 0 Å². The number of amides is 2. The van der Waals surface area contributed by atoms with Crippen LogP contribution < -0.4 is 10.6 Å². The molecule has 0 aliphatic carbocycles. The zero-order valence-electron chi connectivity index (χ0n) is 17.7. The Morgan fingerprint density at radius 2 is 1.71 bits per heavy atom. The number of rotatable bonds is 5. The first-order valence-corrected chi connectivity index (χ1v) is 10.8. The zero-order valence-corrected chi connectivity index (χ0v) is 17.7. The summed E-state index contributed by atoms with van der Waals surface area (Å²) < 4.78 is 5.28. The van der Waals surface area contributed by atoms with Gasteiger partial charge >= 0.3 is 0 Å². The van der Waals surface area contributed by atoms with Crippen molar-refractivity contribution in [3.8, 4) is 0 Å². The van der Waals surface area contributed by atoms with Gasteiger partial charge in [0.1, 0.15) is 0 Å². The molecular formula is C24H29N3O4. The molecule has 3 atom stereocenters. The van der Waals surface area contributed by atoms with Crippen LogP contribution in [0, 0.1) is 0 Å². The number of hydrogen-bond acceptors (Lipinski definition) is 5. The number of nitrogens with zero attached hydrogens (tertiary/aromatic N) is 1. The van der Waals surface area contributed by atoms with E-state index < -0.39 is 12.1 Å². The van der Waals surface area contributed by atoms with Crippen LogP contribution in [-0.2, 0) is 17.7 Å². The molecule has 2 aliphatic heterocycles. The number of benzene rings is 2. The number of ether oxygens (including phenoxy) is 1. The van der Waals surface area contributed by atoms with Gasteiger partial charge in [-0.05, 0) is 48.7 Å². The molecule has 0 aromatic heterocycles. The Hall–Kier alpha value is -2.74.